The Morgan fingerprint density at radius 1 is 0.667 bits per heavy atom. The number of alkyl carbamates (subject to hydrolysis) is 1. The molecule has 69 heavy (non-hydrogen) atoms. The number of aryl methyl sites for hydroxylation is 2. The van der Waals surface area contributed by atoms with Gasteiger partial charge in [-0.15, -0.1) is 23.5 Å². The zero-order chi connectivity index (χ0) is 49.1. The number of pyridine rings is 2. The van der Waals surface area contributed by atoms with Gasteiger partial charge in [0.15, 0.2) is 0 Å². The van der Waals surface area contributed by atoms with Crippen molar-refractivity contribution >= 4 is 76.2 Å². The molecule has 368 valence electrons. The SMILES string of the molecule is CCOC(=O)N1CCC(=C2c3ccc(Cl)cc3CCc3c(SCCN)ccnc32)CC1.CCOC(=O)N1CCC(=C2c3ccc(Cl)cc3CCc3c(SCCNC(=O)OC(C)(C)C)ccnc32)CC1. The van der Waals surface area contributed by atoms with Crippen molar-refractivity contribution < 1.29 is 28.6 Å². The molecule has 4 heterocycles. The number of fused-ring (bicyclic) bond motifs is 4. The van der Waals surface area contributed by atoms with Gasteiger partial charge in [-0.2, -0.15) is 0 Å². The van der Waals surface area contributed by atoms with Crippen molar-refractivity contribution in [2.75, 3.05) is 64.0 Å². The summed E-state index contributed by atoms with van der Waals surface area (Å²) in [5, 5.41) is 4.33. The summed E-state index contributed by atoms with van der Waals surface area (Å²) in [4.78, 5) is 52.2. The van der Waals surface area contributed by atoms with Crippen LogP contribution in [-0.2, 0) is 39.9 Å². The smallest absolute Gasteiger partial charge is 0.409 e. The Bertz CT molecular complexity index is 2560. The Morgan fingerprint density at radius 2 is 1.12 bits per heavy atom. The molecular weight excluding hydrogens is 952 g/mol. The summed E-state index contributed by atoms with van der Waals surface area (Å²) in [5.74, 6) is 1.60. The van der Waals surface area contributed by atoms with E-state index < -0.39 is 11.7 Å². The number of nitrogens with two attached hydrogens (primary N) is 1. The van der Waals surface area contributed by atoms with Crippen LogP contribution < -0.4 is 11.1 Å². The molecule has 0 saturated carbocycles. The highest BCUT2D eigenvalue weighted by Crippen LogP contribution is 2.43. The molecule has 3 N–H and O–H groups in total. The van der Waals surface area contributed by atoms with E-state index in [1.165, 1.54) is 65.5 Å². The van der Waals surface area contributed by atoms with E-state index in [2.05, 4.69) is 41.7 Å². The Hall–Kier alpha value is -4.73. The van der Waals surface area contributed by atoms with E-state index in [4.69, 9.17) is 53.1 Å². The van der Waals surface area contributed by atoms with Gasteiger partial charge in [-0.25, -0.2) is 14.4 Å². The first-order valence-corrected chi connectivity index (χ1v) is 26.7. The van der Waals surface area contributed by atoms with Crippen LogP contribution in [0.4, 0.5) is 14.4 Å². The first-order chi connectivity index (χ1) is 33.3. The second kappa shape index (κ2) is 24.4. The van der Waals surface area contributed by atoms with Crippen molar-refractivity contribution in [3.8, 4) is 0 Å². The summed E-state index contributed by atoms with van der Waals surface area (Å²) in [6.07, 6.45) is 9.66. The molecule has 0 bridgehead atoms. The number of carbonyl (C=O) groups is 3. The fraction of sp³-hybridized carbons (Fsp3) is 0.453. The van der Waals surface area contributed by atoms with Crippen molar-refractivity contribution in [2.45, 2.75) is 101 Å². The predicted molar refractivity (Wildman–Crippen MR) is 279 cm³/mol. The fourth-order valence-corrected chi connectivity index (χ4v) is 11.5. The molecule has 0 radical (unpaired) electrons. The summed E-state index contributed by atoms with van der Waals surface area (Å²) in [7, 11) is 0. The third-order valence-corrected chi connectivity index (χ3v) is 15.1. The van der Waals surface area contributed by atoms with Crippen molar-refractivity contribution in [1.82, 2.24) is 25.1 Å². The van der Waals surface area contributed by atoms with E-state index in [1.807, 2.05) is 59.1 Å². The number of piperidine rings is 2. The number of carbonyl (C=O) groups excluding carboxylic acids is 3. The molecule has 2 aliphatic carbocycles. The number of thioether (sulfide) groups is 2. The normalized spacial score (nSPS) is 15.6. The summed E-state index contributed by atoms with van der Waals surface area (Å²) in [6.45, 7) is 13.7. The Labute approximate surface area is 425 Å². The van der Waals surface area contributed by atoms with E-state index in [-0.39, 0.29) is 12.2 Å². The van der Waals surface area contributed by atoms with Crippen molar-refractivity contribution in [3.05, 3.63) is 127 Å². The molecule has 3 amide bonds. The van der Waals surface area contributed by atoms with Gasteiger partial charge in [0.1, 0.15) is 5.60 Å². The predicted octanol–water partition coefficient (Wildman–Crippen LogP) is 11.4. The molecule has 0 unspecified atom stereocenters. The number of ether oxygens (including phenoxy) is 3. The van der Waals surface area contributed by atoms with Gasteiger partial charge in [-0.05, 0) is 156 Å². The number of nitrogens with zero attached hydrogens (tertiary/aromatic N) is 4. The lowest BCUT2D eigenvalue weighted by Gasteiger charge is -2.29. The van der Waals surface area contributed by atoms with Gasteiger partial charge in [-0.1, -0.05) is 46.5 Å². The number of hydrogen-bond donors (Lipinski definition) is 2. The Kier molecular flexibility index (Phi) is 18.4. The van der Waals surface area contributed by atoms with Crippen LogP contribution in [0.15, 0.2) is 81.9 Å². The molecule has 2 aliphatic heterocycles. The molecule has 0 spiro atoms. The number of benzene rings is 2. The van der Waals surface area contributed by atoms with Crippen LogP contribution >= 0.6 is 46.7 Å². The van der Waals surface area contributed by atoms with Gasteiger partial charge in [0.25, 0.3) is 0 Å². The molecule has 4 aromatic rings. The van der Waals surface area contributed by atoms with Crippen LogP contribution in [0, 0.1) is 0 Å². The number of aromatic nitrogens is 2. The maximum Gasteiger partial charge on any atom is 0.409 e. The van der Waals surface area contributed by atoms with E-state index >= 15 is 0 Å². The zero-order valence-electron chi connectivity index (χ0n) is 40.4. The molecule has 8 rings (SSSR count). The first-order valence-electron chi connectivity index (χ1n) is 24.0. The molecule has 16 heteroatoms. The number of nitrogens with one attached hydrogen (secondary N) is 1. The third-order valence-electron chi connectivity index (χ3n) is 12.4. The first kappa shape index (κ1) is 52.1. The molecule has 2 aromatic carbocycles. The minimum Gasteiger partial charge on any atom is -0.450 e. The number of rotatable bonds is 9. The van der Waals surface area contributed by atoms with Gasteiger partial charge in [0.2, 0.25) is 0 Å². The van der Waals surface area contributed by atoms with Gasteiger partial charge in [0, 0.05) is 94.2 Å². The minimum absolute atomic E-state index is 0.224. The Morgan fingerprint density at radius 3 is 1.54 bits per heavy atom. The minimum atomic E-state index is -0.520. The fourth-order valence-electron chi connectivity index (χ4n) is 9.30. The molecule has 2 fully saturated rings. The quantitative estimate of drug-likeness (QED) is 0.0937. The van der Waals surface area contributed by atoms with Crippen LogP contribution in [-0.4, -0.2) is 108 Å². The van der Waals surface area contributed by atoms with Crippen molar-refractivity contribution in [1.29, 1.82) is 0 Å². The highest BCUT2D eigenvalue weighted by atomic mass is 35.5. The van der Waals surface area contributed by atoms with Crippen LogP contribution in [0.3, 0.4) is 0 Å². The maximum atomic E-state index is 12.3. The van der Waals surface area contributed by atoms with Crippen molar-refractivity contribution in [2.24, 2.45) is 5.73 Å². The zero-order valence-corrected chi connectivity index (χ0v) is 43.5. The topological polar surface area (TPSA) is 149 Å². The highest BCUT2D eigenvalue weighted by molar-refractivity contribution is 7.99. The lowest BCUT2D eigenvalue weighted by Crippen LogP contribution is -2.37. The number of halogens is 2. The van der Waals surface area contributed by atoms with Crippen LogP contribution in [0.5, 0.6) is 0 Å². The van der Waals surface area contributed by atoms with E-state index in [1.54, 1.807) is 33.3 Å². The van der Waals surface area contributed by atoms with E-state index in [9.17, 15) is 14.4 Å². The summed E-state index contributed by atoms with van der Waals surface area (Å²) in [6, 6.07) is 16.5. The highest BCUT2D eigenvalue weighted by Gasteiger charge is 2.30. The van der Waals surface area contributed by atoms with E-state index in [0.29, 0.717) is 52.5 Å². The standard InChI is InChI=1S/C29H36ClN3O4S.C24H28ClN3O2S/c1-5-36-28(35)33-15-11-19(12-16-33)25-22-9-7-21(30)18-20(22)6-8-23-24(10-13-31-26(23)25)38-17-14-32-27(34)37-29(2,3)4;1-2-30-24(29)28-12-8-16(9-13-28)22-19-6-4-18(25)15-17(19)3-5-20-21(31-14-10-26)7-11-27-23(20)22/h7,9-10,13,18H,5-6,8,11-12,14-17H2,1-4H3,(H,32,34);4,6-7,11,15H,2-3,5,8-10,12-14,26H2,1H3. The third kappa shape index (κ3) is 13.4. The van der Waals surface area contributed by atoms with Crippen LogP contribution in [0.2, 0.25) is 10.0 Å². The van der Waals surface area contributed by atoms with Crippen LogP contribution in [0.25, 0.3) is 11.1 Å². The number of hydrogen-bond acceptors (Lipinski definition) is 11. The number of likely N-dealkylation sites (tertiary alicyclic amines) is 2. The number of amides is 3. The molecular formula is C53H64Cl2N6O6S2. The van der Waals surface area contributed by atoms with Crippen molar-refractivity contribution in [3.63, 3.8) is 0 Å². The van der Waals surface area contributed by atoms with Crippen LogP contribution in [0.1, 0.15) is 105 Å². The molecule has 2 saturated heterocycles. The second-order valence-electron chi connectivity index (χ2n) is 18.1. The maximum absolute atomic E-state index is 12.3. The Balaban J connectivity index is 0.000000208. The van der Waals surface area contributed by atoms with Gasteiger partial charge in [-0.3, -0.25) is 9.97 Å². The second-order valence-corrected chi connectivity index (χ2v) is 21.3. The monoisotopic (exact) mass is 1010 g/mol. The average molecular weight is 1020 g/mol. The molecule has 2 aromatic heterocycles. The molecule has 12 nitrogen and oxygen atoms in total. The van der Waals surface area contributed by atoms with Gasteiger partial charge >= 0.3 is 18.3 Å². The lowest BCUT2D eigenvalue weighted by molar-refractivity contribution is 0.0531. The van der Waals surface area contributed by atoms with E-state index in [0.717, 1.165) is 84.3 Å². The summed E-state index contributed by atoms with van der Waals surface area (Å²) < 4.78 is 15.7. The molecule has 0 atom stereocenters. The lowest BCUT2D eigenvalue weighted by atomic mass is 9.88. The van der Waals surface area contributed by atoms with Gasteiger partial charge < -0.3 is 35.1 Å². The largest absolute Gasteiger partial charge is 0.450 e. The summed E-state index contributed by atoms with van der Waals surface area (Å²) in [5.41, 5.74) is 19.8. The summed E-state index contributed by atoms with van der Waals surface area (Å²) >= 11 is 16.3. The average Bonchev–Trinajstić information content (AvgIpc) is 3.60. The van der Waals surface area contributed by atoms with Gasteiger partial charge in [0.05, 0.1) is 24.6 Å². The molecule has 4 aliphatic rings.